The third-order valence-electron chi connectivity index (χ3n) is 4.53. The molecule has 0 radical (unpaired) electrons. The fourth-order valence-electron chi connectivity index (χ4n) is 3.60. The molecule has 4 heteroatoms. The van der Waals surface area contributed by atoms with Crippen LogP contribution in [0.1, 0.15) is 46.5 Å². The van der Waals surface area contributed by atoms with E-state index in [9.17, 15) is 9.59 Å². The molecule has 0 unspecified atom stereocenters. The maximum Gasteiger partial charge on any atom is 0.228 e. The molecule has 0 saturated carbocycles. The van der Waals surface area contributed by atoms with Crippen LogP contribution in [0.2, 0.25) is 0 Å². The standard InChI is InChI=1S/C16H28N2O2/c1-4-5-6-17-11-14(8-15(17)19)16(20)18-9-12(2)7-13(3)10-18/h12-14H,4-11H2,1-3H3/t12-,13-,14-/m0/s1. The Labute approximate surface area is 122 Å². The molecule has 0 aromatic rings. The number of carbonyl (C=O) groups is 2. The molecule has 0 N–H and O–H groups in total. The molecule has 2 rings (SSSR count). The van der Waals surface area contributed by atoms with Crippen LogP contribution in [-0.2, 0) is 9.59 Å². The number of unbranched alkanes of at least 4 members (excludes halogenated alkanes) is 1. The predicted octanol–water partition coefficient (Wildman–Crippen LogP) is 2.14. The van der Waals surface area contributed by atoms with Crippen LogP contribution in [0.25, 0.3) is 0 Å². The summed E-state index contributed by atoms with van der Waals surface area (Å²) in [7, 11) is 0. The lowest BCUT2D eigenvalue weighted by Crippen LogP contribution is -2.45. The minimum atomic E-state index is -0.100. The van der Waals surface area contributed by atoms with Crippen molar-refractivity contribution in [1.82, 2.24) is 9.80 Å². The van der Waals surface area contributed by atoms with Gasteiger partial charge in [0.1, 0.15) is 0 Å². The van der Waals surface area contributed by atoms with Gasteiger partial charge in [-0.1, -0.05) is 27.2 Å². The monoisotopic (exact) mass is 280 g/mol. The molecule has 114 valence electrons. The van der Waals surface area contributed by atoms with Crippen molar-refractivity contribution in [1.29, 1.82) is 0 Å². The molecule has 0 aliphatic carbocycles. The van der Waals surface area contributed by atoms with E-state index in [0.29, 0.717) is 24.8 Å². The van der Waals surface area contributed by atoms with Gasteiger partial charge < -0.3 is 9.80 Å². The van der Waals surface area contributed by atoms with E-state index in [1.54, 1.807) is 0 Å². The van der Waals surface area contributed by atoms with Crippen molar-refractivity contribution in [3.63, 3.8) is 0 Å². The number of hydrogen-bond acceptors (Lipinski definition) is 2. The van der Waals surface area contributed by atoms with Gasteiger partial charge in [-0.15, -0.1) is 0 Å². The molecule has 2 heterocycles. The van der Waals surface area contributed by atoms with Gasteiger partial charge in [-0.05, 0) is 24.7 Å². The van der Waals surface area contributed by atoms with Gasteiger partial charge in [0, 0.05) is 32.6 Å². The Balaban J connectivity index is 1.91. The van der Waals surface area contributed by atoms with Gasteiger partial charge in [0.2, 0.25) is 11.8 Å². The van der Waals surface area contributed by atoms with Crippen molar-refractivity contribution in [2.75, 3.05) is 26.2 Å². The van der Waals surface area contributed by atoms with Gasteiger partial charge in [0.05, 0.1) is 5.92 Å². The average Bonchev–Trinajstić information content (AvgIpc) is 2.75. The number of nitrogens with zero attached hydrogens (tertiary/aromatic N) is 2. The van der Waals surface area contributed by atoms with E-state index in [-0.39, 0.29) is 17.7 Å². The second-order valence-electron chi connectivity index (χ2n) is 6.78. The maximum absolute atomic E-state index is 12.6. The summed E-state index contributed by atoms with van der Waals surface area (Å²) in [5.41, 5.74) is 0. The molecule has 0 aromatic heterocycles. The average molecular weight is 280 g/mol. The Morgan fingerprint density at radius 3 is 2.45 bits per heavy atom. The summed E-state index contributed by atoms with van der Waals surface area (Å²) in [6, 6.07) is 0. The van der Waals surface area contributed by atoms with E-state index < -0.39 is 0 Å². The Kier molecular flexibility index (Phi) is 5.06. The summed E-state index contributed by atoms with van der Waals surface area (Å²) >= 11 is 0. The quantitative estimate of drug-likeness (QED) is 0.791. The lowest BCUT2D eigenvalue weighted by molar-refractivity contribution is -0.138. The highest BCUT2D eigenvalue weighted by Crippen LogP contribution is 2.26. The number of carbonyl (C=O) groups excluding carboxylic acids is 2. The van der Waals surface area contributed by atoms with E-state index in [2.05, 4.69) is 20.8 Å². The molecule has 2 fully saturated rings. The lowest BCUT2D eigenvalue weighted by Gasteiger charge is -2.36. The minimum absolute atomic E-state index is 0.100. The highest BCUT2D eigenvalue weighted by Gasteiger charge is 2.37. The molecule has 4 nitrogen and oxygen atoms in total. The number of likely N-dealkylation sites (tertiary alicyclic amines) is 2. The van der Waals surface area contributed by atoms with Gasteiger partial charge in [-0.2, -0.15) is 0 Å². The van der Waals surface area contributed by atoms with Gasteiger partial charge in [0.25, 0.3) is 0 Å². The maximum atomic E-state index is 12.6. The van der Waals surface area contributed by atoms with Gasteiger partial charge in [-0.25, -0.2) is 0 Å². The molecular formula is C16H28N2O2. The van der Waals surface area contributed by atoms with Crippen molar-refractivity contribution in [3.05, 3.63) is 0 Å². The summed E-state index contributed by atoms with van der Waals surface area (Å²) in [5, 5.41) is 0. The van der Waals surface area contributed by atoms with Gasteiger partial charge >= 0.3 is 0 Å². The zero-order chi connectivity index (χ0) is 14.7. The zero-order valence-corrected chi connectivity index (χ0v) is 13.1. The van der Waals surface area contributed by atoms with E-state index in [1.807, 2.05) is 9.80 Å². The van der Waals surface area contributed by atoms with Crippen LogP contribution in [0.5, 0.6) is 0 Å². The van der Waals surface area contributed by atoms with Crippen molar-refractivity contribution in [2.45, 2.75) is 46.5 Å². The first-order valence-electron chi connectivity index (χ1n) is 8.07. The van der Waals surface area contributed by atoms with Crippen LogP contribution in [0.3, 0.4) is 0 Å². The van der Waals surface area contributed by atoms with Crippen LogP contribution >= 0.6 is 0 Å². The molecule has 0 aromatic carbocycles. The van der Waals surface area contributed by atoms with E-state index in [1.165, 1.54) is 6.42 Å². The number of amides is 2. The first-order chi connectivity index (χ1) is 9.51. The summed E-state index contributed by atoms with van der Waals surface area (Å²) < 4.78 is 0. The molecule has 2 aliphatic rings. The number of rotatable bonds is 4. The Morgan fingerprint density at radius 1 is 1.20 bits per heavy atom. The topological polar surface area (TPSA) is 40.6 Å². The normalized spacial score (nSPS) is 30.9. The first-order valence-corrected chi connectivity index (χ1v) is 8.07. The van der Waals surface area contributed by atoms with Crippen LogP contribution in [-0.4, -0.2) is 47.8 Å². The van der Waals surface area contributed by atoms with Crippen LogP contribution in [0.15, 0.2) is 0 Å². The molecule has 2 saturated heterocycles. The molecule has 2 amide bonds. The fourth-order valence-corrected chi connectivity index (χ4v) is 3.60. The Bertz CT molecular complexity index is 359. The van der Waals surface area contributed by atoms with Gasteiger partial charge in [-0.3, -0.25) is 9.59 Å². The van der Waals surface area contributed by atoms with E-state index in [0.717, 1.165) is 32.5 Å². The third-order valence-corrected chi connectivity index (χ3v) is 4.53. The summed E-state index contributed by atoms with van der Waals surface area (Å²) in [5.74, 6) is 1.43. The van der Waals surface area contributed by atoms with Crippen molar-refractivity contribution >= 4 is 11.8 Å². The molecule has 2 aliphatic heterocycles. The largest absolute Gasteiger partial charge is 0.342 e. The number of hydrogen-bond donors (Lipinski definition) is 0. The molecular weight excluding hydrogens is 252 g/mol. The first kappa shape index (κ1) is 15.3. The molecule has 3 atom stereocenters. The number of piperidine rings is 1. The smallest absolute Gasteiger partial charge is 0.228 e. The second kappa shape index (κ2) is 6.59. The van der Waals surface area contributed by atoms with Crippen LogP contribution in [0, 0.1) is 17.8 Å². The SMILES string of the molecule is CCCCN1C[C@@H](C(=O)N2C[C@@H](C)C[C@H](C)C2)CC1=O. The van der Waals surface area contributed by atoms with E-state index in [4.69, 9.17) is 0 Å². The second-order valence-corrected chi connectivity index (χ2v) is 6.78. The van der Waals surface area contributed by atoms with Crippen molar-refractivity contribution in [2.24, 2.45) is 17.8 Å². The van der Waals surface area contributed by atoms with Crippen LogP contribution < -0.4 is 0 Å². The van der Waals surface area contributed by atoms with Crippen molar-refractivity contribution in [3.8, 4) is 0 Å². The van der Waals surface area contributed by atoms with E-state index >= 15 is 0 Å². The van der Waals surface area contributed by atoms with Crippen molar-refractivity contribution < 1.29 is 9.59 Å². The Hall–Kier alpha value is -1.06. The lowest BCUT2D eigenvalue weighted by atomic mass is 9.91. The molecule has 0 spiro atoms. The fraction of sp³-hybridized carbons (Fsp3) is 0.875. The summed E-state index contributed by atoms with van der Waals surface area (Å²) in [4.78, 5) is 28.4. The zero-order valence-electron chi connectivity index (χ0n) is 13.1. The van der Waals surface area contributed by atoms with Gasteiger partial charge in [0.15, 0.2) is 0 Å². The highest BCUT2D eigenvalue weighted by molar-refractivity contribution is 5.89. The summed E-state index contributed by atoms with van der Waals surface area (Å²) in [6.45, 7) is 9.72. The molecule has 0 bridgehead atoms. The van der Waals surface area contributed by atoms with Crippen LogP contribution in [0.4, 0.5) is 0 Å². The molecule has 20 heavy (non-hydrogen) atoms. The Morgan fingerprint density at radius 2 is 1.85 bits per heavy atom. The predicted molar refractivity (Wildman–Crippen MR) is 79.1 cm³/mol. The minimum Gasteiger partial charge on any atom is -0.342 e. The summed E-state index contributed by atoms with van der Waals surface area (Å²) in [6.07, 6.45) is 3.74. The highest BCUT2D eigenvalue weighted by atomic mass is 16.2. The third kappa shape index (κ3) is 3.53.